The predicted octanol–water partition coefficient (Wildman–Crippen LogP) is 2.97. The van der Waals surface area contributed by atoms with E-state index in [1.807, 2.05) is 25.2 Å². The number of nitrogens with zero attached hydrogens (tertiary/aromatic N) is 1. The molecule has 0 atom stereocenters. The number of carbonyl (C=O) groups excluding carboxylic acids is 1. The van der Waals surface area contributed by atoms with Crippen LogP contribution in [0.15, 0.2) is 54.6 Å². The minimum atomic E-state index is -0.207. The van der Waals surface area contributed by atoms with Gasteiger partial charge in [-0.1, -0.05) is 53.8 Å². The van der Waals surface area contributed by atoms with Gasteiger partial charge in [0.05, 0.1) is 13.1 Å². The molecule has 2 aromatic carbocycles. The molecule has 1 N–H and O–H groups in total. The summed E-state index contributed by atoms with van der Waals surface area (Å²) in [7, 11) is 2.01. The van der Waals surface area contributed by atoms with Crippen LogP contribution in [-0.4, -0.2) is 37.6 Å². The molecule has 1 amide bonds. The molecule has 0 aromatic heterocycles. The standard InChI is InChI=1S/C20H21ClN2O2/c1-23(15-17-7-3-2-4-8-17)14-6-5-13-22-20(24)16-25-19-11-9-18(21)10-12-19/h2-4,7-12H,13-16H2,1H3,(H,22,24). The van der Waals surface area contributed by atoms with E-state index in [1.54, 1.807) is 24.3 Å². The van der Waals surface area contributed by atoms with E-state index in [1.165, 1.54) is 5.56 Å². The molecule has 130 valence electrons. The second kappa shape index (κ2) is 10.4. The van der Waals surface area contributed by atoms with Crippen LogP contribution in [0.5, 0.6) is 5.75 Å². The first-order valence-electron chi connectivity index (χ1n) is 7.97. The van der Waals surface area contributed by atoms with Gasteiger partial charge in [-0.15, -0.1) is 0 Å². The monoisotopic (exact) mass is 356 g/mol. The molecule has 0 heterocycles. The molecule has 2 rings (SSSR count). The lowest BCUT2D eigenvalue weighted by atomic mass is 10.2. The summed E-state index contributed by atoms with van der Waals surface area (Å²) < 4.78 is 5.36. The van der Waals surface area contributed by atoms with E-state index < -0.39 is 0 Å². The summed E-state index contributed by atoms with van der Waals surface area (Å²) >= 11 is 5.79. The third-order valence-electron chi connectivity index (χ3n) is 3.33. The number of hydrogen-bond donors (Lipinski definition) is 1. The molecule has 4 nitrogen and oxygen atoms in total. The normalized spacial score (nSPS) is 10.0. The van der Waals surface area contributed by atoms with E-state index in [-0.39, 0.29) is 12.5 Å². The smallest absolute Gasteiger partial charge is 0.258 e. The van der Waals surface area contributed by atoms with Crippen molar-refractivity contribution < 1.29 is 9.53 Å². The van der Waals surface area contributed by atoms with Crippen molar-refractivity contribution in [1.29, 1.82) is 0 Å². The summed E-state index contributed by atoms with van der Waals surface area (Å²) in [6.07, 6.45) is 0. The lowest BCUT2D eigenvalue weighted by Gasteiger charge is -2.12. The second-order valence-corrected chi connectivity index (χ2v) is 5.97. The summed E-state index contributed by atoms with van der Waals surface area (Å²) in [4.78, 5) is 13.8. The zero-order chi connectivity index (χ0) is 17.9. The molecular formula is C20H21ClN2O2. The summed E-state index contributed by atoms with van der Waals surface area (Å²) in [5.41, 5.74) is 1.25. The van der Waals surface area contributed by atoms with E-state index in [2.05, 4.69) is 34.2 Å². The Morgan fingerprint density at radius 3 is 2.56 bits per heavy atom. The number of carbonyl (C=O) groups is 1. The van der Waals surface area contributed by atoms with Gasteiger partial charge in [0, 0.05) is 11.6 Å². The van der Waals surface area contributed by atoms with E-state index in [9.17, 15) is 4.79 Å². The highest BCUT2D eigenvalue weighted by molar-refractivity contribution is 6.30. The minimum absolute atomic E-state index is 0.0444. The molecule has 0 spiro atoms. The SMILES string of the molecule is CN(CC#CCNC(=O)COc1ccc(Cl)cc1)Cc1ccccc1. The van der Waals surface area contributed by atoms with Crippen molar-refractivity contribution in [2.75, 3.05) is 26.7 Å². The zero-order valence-electron chi connectivity index (χ0n) is 14.2. The molecule has 0 aliphatic rings. The second-order valence-electron chi connectivity index (χ2n) is 5.53. The Balaban J connectivity index is 1.61. The first kappa shape index (κ1) is 18.9. The highest BCUT2D eigenvalue weighted by Gasteiger charge is 2.01. The maximum absolute atomic E-state index is 11.7. The van der Waals surface area contributed by atoms with Crippen LogP contribution in [0.3, 0.4) is 0 Å². The van der Waals surface area contributed by atoms with E-state index in [0.29, 0.717) is 23.9 Å². The van der Waals surface area contributed by atoms with Crippen LogP contribution in [0, 0.1) is 11.8 Å². The van der Waals surface area contributed by atoms with E-state index in [0.717, 1.165) is 6.54 Å². The third-order valence-corrected chi connectivity index (χ3v) is 3.58. The van der Waals surface area contributed by atoms with Crippen molar-refractivity contribution in [3.63, 3.8) is 0 Å². The highest BCUT2D eigenvalue weighted by atomic mass is 35.5. The van der Waals surface area contributed by atoms with Gasteiger partial charge in [0.15, 0.2) is 6.61 Å². The van der Waals surface area contributed by atoms with Crippen molar-refractivity contribution in [2.24, 2.45) is 0 Å². The van der Waals surface area contributed by atoms with Crippen molar-refractivity contribution >= 4 is 17.5 Å². The van der Waals surface area contributed by atoms with Gasteiger partial charge in [-0.3, -0.25) is 9.69 Å². The quantitative estimate of drug-likeness (QED) is 0.775. The third kappa shape index (κ3) is 7.75. The molecule has 2 aromatic rings. The average Bonchev–Trinajstić information content (AvgIpc) is 2.62. The largest absolute Gasteiger partial charge is 0.484 e. The number of rotatable bonds is 7. The highest BCUT2D eigenvalue weighted by Crippen LogP contribution is 2.15. The van der Waals surface area contributed by atoms with Crippen molar-refractivity contribution in [3.8, 4) is 17.6 Å². The molecule has 25 heavy (non-hydrogen) atoms. The van der Waals surface area contributed by atoms with Crippen LogP contribution >= 0.6 is 11.6 Å². The van der Waals surface area contributed by atoms with Crippen molar-refractivity contribution in [3.05, 3.63) is 65.2 Å². The Labute approximate surface area is 153 Å². The van der Waals surface area contributed by atoms with E-state index >= 15 is 0 Å². The molecule has 5 heteroatoms. The van der Waals surface area contributed by atoms with Gasteiger partial charge in [0.1, 0.15) is 5.75 Å². The molecule has 0 aliphatic carbocycles. The van der Waals surface area contributed by atoms with Crippen molar-refractivity contribution in [2.45, 2.75) is 6.54 Å². The number of benzene rings is 2. The molecule has 0 radical (unpaired) electrons. The fraction of sp³-hybridized carbons (Fsp3) is 0.250. The van der Waals surface area contributed by atoms with Gasteiger partial charge < -0.3 is 10.1 Å². The lowest BCUT2D eigenvalue weighted by molar-refractivity contribution is -0.122. The first-order chi connectivity index (χ1) is 12.1. The van der Waals surface area contributed by atoms with Crippen molar-refractivity contribution in [1.82, 2.24) is 10.2 Å². The fourth-order valence-electron chi connectivity index (χ4n) is 2.08. The van der Waals surface area contributed by atoms with Crippen LogP contribution in [-0.2, 0) is 11.3 Å². The van der Waals surface area contributed by atoms with E-state index in [4.69, 9.17) is 16.3 Å². The molecule has 0 saturated carbocycles. The zero-order valence-corrected chi connectivity index (χ0v) is 14.9. The molecule has 0 aliphatic heterocycles. The summed E-state index contributed by atoms with van der Waals surface area (Å²) in [6, 6.07) is 17.1. The van der Waals surface area contributed by atoms with Gasteiger partial charge in [0.25, 0.3) is 5.91 Å². The molecule has 0 unspecified atom stereocenters. The topological polar surface area (TPSA) is 41.6 Å². The maximum atomic E-state index is 11.7. The Hall–Kier alpha value is -2.48. The minimum Gasteiger partial charge on any atom is -0.484 e. The van der Waals surface area contributed by atoms with Crippen LogP contribution in [0.25, 0.3) is 0 Å². The lowest BCUT2D eigenvalue weighted by Crippen LogP contribution is -2.29. The Bertz CT molecular complexity index is 721. The average molecular weight is 357 g/mol. The number of halogens is 1. The number of ether oxygens (including phenoxy) is 1. The molecule has 0 saturated heterocycles. The Kier molecular flexibility index (Phi) is 7.84. The van der Waals surface area contributed by atoms with Crippen LogP contribution in [0.4, 0.5) is 0 Å². The molecule has 0 bridgehead atoms. The van der Waals surface area contributed by atoms with Gasteiger partial charge in [-0.2, -0.15) is 0 Å². The summed E-state index contributed by atoms with van der Waals surface area (Å²) in [5, 5.41) is 3.33. The van der Waals surface area contributed by atoms with Crippen LogP contribution in [0.1, 0.15) is 5.56 Å². The first-order valence-corrected chi connectivity index (χ1v) is 8.34. The number of amides is 1. The molecule has 0 fully saturated rings. The Morgan fingerprint density at radius 1 is 1.12 bits per heavy atom. The number of nitrogens with one attached hydrogen (secondary N) is 1. The van der Waals surface area contributed by atoms with Crippen LogP contribution < -0.4 is 10.1 Å². The maximum Gasteiger partial charge on any atom is 0.258 e. The van der Waals surface area contributed by atoms with Crippen LogP contribution in [0.2, 0.25) is 5.02 Å². The Morgan fingerprint density at radius 2 is 1.84 bits per heavy atom. The number of hydrogen-bond acceptors (Lipinski definition) is 3. The van der Waals surface area contributed by atoms with Gasteiger partial charge >= 0.3 is 0 Å². The summed E-state index contributed by atoms with van der Waals surface area (Å²) in [5.74, 6) is 6.39. The van der Waals surface area contributed by atoms with Gasteiger partial charge in [-0.05, 0) is 36.9 Å². The van der Waals surface area contributed by atoms with Gasteiger partial charge in [-0.25, -0.2) is 0 Å². The predicted molar refractivity (Wildman–Crippen MR) is 101 cm³/mol. The van der Waals surface area contributed by atoms with Gasteiger partial charge in [0.2, 0.25) is 0 Å². The summed E-state index contributed by atoms with van der Waals surface area (Å²) in [6.45, 7) is 1.75. The molecular weight excluding hydrogens is 336 g/mol. The fourth-order valence-corrected chi connectivity index (χ4v) is 2.20.